The molecule has 0 aliphatic rings. The van der Waals surface area contributed by atoms with Crippen LogP contribution in [-0.4, -0.2) is 25.4 Å². The molecule has 0 unspecified atom stereocenters. The molecule has 126 valence electrons. The van der Waals surface area contributed by atoms with Crippen LogP contribution in [0.3, 0.4) is 0 Å². The van der Waals surface area contributed by atoms with Crippen LogP contribution in [0, 0.1) is 5.82 Å². The van der Waals surface area contributed by atoms with E-state index in [1.807, 2.05) is 0 Å². The molecule has 0 aliphatic heterocycles. The highest BCUT2D eigenvalue weighted by molar-refractivity contribution is 6.30. The number of ketones is 1. The molecule has 7 heteroatoms. The van der Waals surface area contributed by atoms with Crippen molar-refractivity contribution in [3.8, 4) is 11.5 Å². The van der Waals surface area contributed by atoms with Gasteiger partial charge in [0.25, 0.3) is 5.91 Å². The van der Waals surface area contributed by atoms with Gasteiger partial charge in [0.05, 0.1) is 12.8 Å². The van der Waals surface area contributed by atoms with Crippen molar-refractivity contribution in [1.29, 1.82) is 0 Å². The molecule has 0 fully saturated rings. The first-order valence-corrected chi connectivity index (χ1v) is 7.35. The predicted molar refractivity (Wildman–Crippen MR) is 88.5 cm³/mol. The Morgan fingerprint density at radius 2 is 1.92 bits per heavy atom. The van der Waals surface area contributed by atoms with Gasteiger partial charge in [0.2, 0.25) is 0 Å². The van der Waals surface area contributed by atoms with E-state index in [1.54, 1.807) is 6.07 Å². The fraction of sp³-hybridized carbons (Fsp3) is 0.176. The lowest BCUT2D eigenvalue weighted by Gasteiger charge is -2.12. The topological polar surface area (TPSA) is 64.6 Å². The quantitative estimate of drug-likeness (QED) is 0.806. The standard InChI is InChI=1S/C17H15ClFNO4/c1-10(21)11-3-6-15(16(7-11)23-2)24-9-17(22)20-14-8-12(18)4-5-13(14)19/h3-8H,9H2,1-2H3,(H,20,22). The second-order valence-corrected chi connectivity index (χ2v) is 5.32. The zero-order valence-corrected chi connectivity index (χ0v) is 13.8. The Bertz CT molecular complexity index is 779. The van der Waals surface area contributed by atoms with Crippen molar-refractivity contribution in [3.05, 3.63) is 52.8 Å². The Kier molecular flexibility index (Phi) is 5.76. The monoisotopic (exact) mass is 351 g/mol. The van der Waals surface area contributed by atoms with Gasteiger partial charge in [0.15, 0.2) is 23.9 Å². The van der Waals surface area contributed by atoms with Crippen molar-refractivity contribution >= 4 is 29.0 Å². The average molecular weight is 352 g/mol. The number of Topliss-reactive ketones (excluding diaryl/α,β-unsaturated/α-hetero) is 1. The number of amides is 1. The molecule has 0 aliphatic carbocycles. The minimum absolute atomic E-state index is 0.0324. The normalized spacial score (nSPS) is 10.2. The molecule has 0 spiro atoms. The van der Waals surface area contributed by atoms with Crippen LogP contribution in [0.5, 0.6) is 11.5 Å². The van der Waals surface area contributed by atoms with Gasteiger partial charge in [-0.2, -0.15) is 0 Å². The lowest BCUT2D eigenvalue weighted by Crippen LogP contribution is -2.21. The van der Waals surface area contributed by atoms with E-state index < -0.39 is 11.7 Å². The summed E-state index contributed by atoms with van der Waals surface area (Å²) in [6.07, 6.45) is 0. The highest BCUT2D eigenvalue weighted by atomic mass is 35.5. The molecule has 2 rings (SSSR count). The van der Waals surface area contributed by atoms with Crippen molar-refractivity contribution in [2.75, 3.05) is 19.0 Å². The van der Waals surface area contributed by atoms with Gasteiger partial charge in [-0.05, 0) is 43.3 Å². The van der Waals surface area contributed by atoms with E-state index in [-0.39, 0.29) is 18.1 Å². The highest BCUT2D eigenvalue weighted by Gasteiger charge is 2.12. The highest BCUT2D eigenvalue weighted by Crippen LogP contribution is 2.28. The van der Waals surface area contributed by atoms with E-state index in [0.717, 1.165) is 6.07 Å². The van der Waals surface area contributed by atoms with Gasteiger partial charge in [0, 0.05) is 10.6 Å². The third-order valence-corrected chi connectivity index (χ3v) is 3.37. The maximum Gasteiger partial charge on any atom is 0.262 e. The number of carbonyl (C=O) groups is 2. The fourth-order valence-corrected chi connectivity index (χ4v) is 2.10. The van der Waals surface area contributed by atoms with Gasteiger partial charge in [0.1, 0.15) is 5.82 Å². The molecule has 1 N–H and O–H groups in total. The summed E-state index contributed by atoms with van der Waals surface area (Å²) >= 11 is 5.76. The molecular formula is C17H15ClFNO4. The summed E-state index contributed by atoms with van der Waals surface area (Å²) in [5.74, 6) is -0.660. The molecule has 0 aromatic heterocycles. The molecule has 0 atom stereocenters. The van der Waals surface area contributed by atoms with Gasteiger partial charge in [-0.25, -0.2) is 4.39 Å². The molecule has 2 aromatic carbocycles. The van der Waals surface area contributed by atoms with E-state index >= 15 is 0 Å². The largest absolute Gasteiger partial charge is 0.493 e. The van der Waals surface area contributed by atoms with E-state index in [1.165, 1.54) is 38.3 Å². The van der Waals surface area contributed by atoms with Crippen LogP contribution in [0.25, 0.3) is 0 Å². The number of anilines is 1. The summed E-state index contributed by atoms with van der Waals surface area (Å²) in [4.78, 5) is 23.2. The first-order valence-electron chi connectivity index (χ1n) is 6.97. The molecule has 0 heterocycles. The minimum atomic E-state index is -0.601. The summed E-state index contributed by atoms with van der Waals surface area (Å²) in [6.45, 7) is 1.07. The zero-order chi connectivity index (χ0) is 17.7. The van der Waals surface area contributed by atoms with Crippen LogP contribution >= 0.6 is 11.6 Å². The van der Waals surface area contributed by atoms with Crippen LogP contribution in [0.1, 0.15) is 17.3 Å². The molecule has 5 nitrogen and oxygen atoms in total. The van der Waals surface area contributed by atoms with Crippen molar-refractivity contribution in [2.45, 2.75) is 6.92 Å². The molecule has 0 saturated carbocycles. The van der Waals surface area contributed by atoms with Crippen LogP contribution in [0.15, 0.2) is 36.4 Å². The Labute approximate surface area is 143 Å². The molecule has 1 amide bonds. The van der Waals surface area contributed by atoms with Crippen molar-refractivity contribution < 1.29 is 23.5 Å². The number of carbonyl (C=O) groups excluding carboxylic acids is 2. The third kappa shape index (κ3) is 4.45. The Balaban J connectivity index is 2.03. The Hall–Kier alpha value is -2.60. The van der Waals surface area contributed by atoms with Gasteiger partial charge >= 0.3 is 0 Å². The van der Waals surface area contributed by atoms with Gasteiger partial charge in [-0.15, -0.1) is 0 Å². The average Bonchev–Trinajstić information content (AvgIpc) is 2.56. The molecule has 24 heavy (non-hydrogen) atoms. The molecule has 0 radical (unpaired) electrons. The Morgan fingerprint density at radius 1 is 1.17 bits per heavy atom. The number of benzene rings is 2. The smallest absolute Gasteiger partial charge is 0.262 e. The number of hydrogen-bond donors (Lipinski definition) is 1. The first-order chi connectivity index (χ1) is 11.4. The van der Waals surface area contributed by atoms with E-state index in [9.17, 15) is 14.0 Å². The Morgan fingerprint density at radius 3 is 2.58 bits per heavy atom. The molecular weight excluding hydrogens is 337 g/mol. The van der Waals surface area contributed by atoms with Gasteiger partial charge in [-0.3, -0.25) is 9.59 Å². The second kappa shape index (κ2) is 7.79. The van der Waals surface area contributed by atoms with E-state index in [4.69, 9.17) is 21.1 Å². The fourth-order valence-electron chi connectivity index (χ4n) is 1.93. The van der Waals surface area contributed by atoms with Crippen LogP contribution < -0.4 is 14.8 Å². The minimum Gasteiger partial charge on any atom is -0.493 e. The summed E-state index contributed by atoms with van der Waals surface area (Å²) in [5, 5.41) is 2.67. The number of ether oxygens (including phenoxy) is 2. The van der Waals surface area contributed by atoms with E-state index in [0.29, 0.717) is 22.1 Å². The second-order valence-electron chi connectivity index (χ2n) is 4.88. The number of hydrogen-bond acceptors (Lipinski definition) is 4. The van der Waals surface area contributed by atoms with E-state index in [2.05, 4.69) is 5.32 Å². The summed E-state index contributed by atoms with van der Waals surface area (Å²) in [6, 6.07) is 8.45. The van der Waals surface area contributed by atoms with Gasteiger partial charge < -0.3 is 14.8 Å². The van der Waals surface area contributed by atoms with Crippen molar-refractivity contribution in [1.82, 2.24) is 0 Å². The number of nitrogens with one attached hydrogen (secondary N) is 1. The number of rotatable bonds is 6. The third-order valence-electron chi connectivity index (χ3n) is 3.13. The van der Waals surface area contributed by atoms with Crippen LogP contribution in [0.4, 0.5) is 10.1 Å². The lowest BCUT2D eigenvalue weighted by molar-refractivity contribution is -0.118. The molecule has 0 bridgehead atoms. The van der Waals surface area contributed by atoms with Crippen LogP contribution in [0.2, 0.25) is 5.02 Å². The maximum atomic E-state index is 13.6. The van der Waals surface area contributed by atoms with Gasteiger partial charge in [-0.1, -0.05) is 11.6 Å². The predicted octanol–water partition coefficient (Wildman–Crippen LogP) is 3.71. The number of halogens is 2. The summed E-state index contributed by atoms with van der Waals surface area (Å²) in [5.41, 5.74) is 0.430. The van der Waals surface area contributed by atoms with Crippen molar-refractivity contribution in [2.24, 2.45) is 0 Å². The summed E-state index contributed by atoms with van der Waals surface area (Å²) < 4.78 is 24.1. The van der Waals surface area contributed by atoms with Crippen LogP contribution in [-0.2, 0) is 4.79 Å². The summed E-state index contributed by atoms with van der Waals surface area (Å²) in [7, 11) is 1.42. The lowest BCUT2D eigenvalue weighted by atomic mass is 10.1. The van der Waals surface area contributed by atoms with Crippen molar-refractivity contribution in [3.63, 3.8) is 0 Å². The number of methoxy groups -OCH3 is 1. The SMILES string of the molecule is COc1cc(C(C)=O)ccc1OCC(=O)Nc1cc(Cl)ccc1F. The maximum absolute atomic E-state index is 13.6. The zero-order valence-electron chi connectivity index (χ0n) is 13.1. The molecule has 2 aromatic rings. The molecule has 0 saturated heterocycles. The first kappa shape index (κ1) is 17.7.